The van der Waals surface area contributed by atoms with Crippen molar-refractivity contribution in [3.05, 3.63) is 52.8 Å². The summed E-state index contributed by atoms with van der Waals surface area (Å²) in [5, 5.41) is 0.482. The highest BCUT2D eigenvalue weighted by atomic mass is 35.5. The highest BCUT2D eigenvalue weighted by Gasteiger charge is 2.39. The summed E-state index contributed by atoms with van der Waals surface area (Å²) in [6.45, 7) is 2.14. The normalized spacial score (nSPS) is 15.5. The molecule has 4 nitrogen and oxygen atoms in total. The van der Waals surface area contributed by atoms with Crippen LogP contribution in [0.1, 0.15) is 24.1 Å². The fraction of sp³-hybridized carbons (Fsp3) is 0.375. The fourth-order valence-corrected chi connectivity index (χ4v) is 4.72. The van der Waals surface area contributed by atoms with Gasteiger partial charge in [0, 0.05) is 30.0 Å². The Morgan fingerprint density at radius 2 is 2.00 bits per heavy atom. The predicted molar refractivity (Wildman–Crippen MR) is 87.4 cm³/mol. The van der Waals surface area contributed by atoms with E-state index in [-0.39, 0.29) is 6.04 Å². The Morgan fingerprint density at radius 1 is 1.27 bits per heavy atom. The molecule has 22 heavy (non-hydrogen) atoms. The fourth-order valence-electron chi connectivity index (χ4n) is 2.59. The van der Waals surface area contributed by atoms with Crippen LogP contribution in [0.3, 0.4) is 0 Å². The second kappa shape index (κ2) is 5.72. The van der Waals surface area contributed by atoms with Gasteiger partial charge in [-0.05, 0) is 49.6 Å². The number of halogens is 1. The molecule has 1 saturated carbocycles. The molecule has 6 heteroatoms. The number of sulfonamides is 1. The van der Waals surface area contributed by atoms with Crippen molar-refractivity contribution >= 4 is 21.6 Å². The molecule has 1 fully saturated rings. The smallest absolute Gasteiger partial charge is 0.243 e. The van der Waals surface area contributed by atoms with Gasteiger partial charge < -0.3 is 4.57 Å². The van der Waals surface area contributed by atoms with Crippen molar-refractivity contribution in [2.45, 2.75) is 37.2 Å². The van der Waals surface area contributed by atoms with Gasteiger partial charge in [-0.3, -0.25) is 0 Å². The lowest BCUT2D eigenvalue weighted by atomic mass is 10.2. The number of aryl methyl sites for hydroxylation is 1. The molecule has 0 bridgehead atoms. The zero-order chi connectivity index (χ0) is 15.9. The van der Waals surface area contributed by atoms with Gasteiger partial charge in [-0.15, -0.1) is 0 Å². The number of rotatable bonds is 5. The van der Waals surface area contributed by atoms with Crippen LogP contribution in [-0.2, 0) is 23.6 Å². The predicted octanol–water partition coefficient (Wildman–Crippen LogP) is 3.34. The summed E-state index contributed by atoms with van der Waals surface area (Å²) in [4.78, 5) is 0.307. The van der Waals surface area contributed by atoms with Gasteiger partial charge in [0.05, 0.1) is 11.4 Å². The zero-order valence-corrected chi connectivity index (χ0v) is 14.2. The summed E-state index contributed by atoms with van der Waals surface area (Å²) in [7, 11) is -1.62. The van der Waals surface area contributed by atoms with Crippen molar-refractivity contribution in [2.24, 2.45) is 7.05 Å². The van der Waals surface area contributed by atoms with Crippen molar-refractivity contribution in [1.82, 2.24) is 8.87 Å². The Balaban J connectivity index is 2.00. The van der Waals surface area contributed by atoms with E-state index in [4.69, 9.17) is 11.6 Å². The van der Waals surface area contributed by atoms with Crippen LogP contribution in [-0.4, -0.2) is 23.3 Å². The van der Waals surface area contributed by atoms with Crippen molar-refractivity contribution < 1.29 is 8.42 Å². The number of hydrogen-bond acceptors (Lipinski definition) is 2. The number of benzene rings is 1. The molecule has 0 amide bonds. The molecule has 0 aliphatic heterocycles. The molecular weight excluding hydrogens is 320 g/mol. The molecule has 1 heterocycles. The van der Waals surface area contributed by atoms with E-state index in [1.165, 1.54) is 0 Å². The highest BCUT2D eigenvalue weighted by Crippen LogP contribution is 2.35. The molecule has 3 rings (SSSR count). The van der Waals surface area contributed by atoms with E-state index in [0.717, 1.165) is 18.5 Å². The third-order valence-corrected chi connectivity index (χ3v) is 6.58. The molecule has 118 valence electrons. The first-order chi connectivity index (χ1) is 10.4. The molecule has 0 radical (unpaired) electrons. The SMILES string of the molecule is Cc1c(Cl)cccc1S(=O)(=O)N(Cc1cccn1C)C1CC1. The van der Waals surface area contributed by atoms with Gasteiger partial charge in [0.1, 0.15) is 0 Å². The Bertz CT molecular complexity index is 794. The quantitative estimate of drug-likeness (QED) is 0.839. The second-order valence-electron chi connectivity index (χ2n) is 5.75. The highest BCUT2D eigenvalue weighted by molar-refractivity contribution is 7.89. The summed E-state index contributed by atoms with van der Waals surface area (Å²) in [5.41, 5.74) is 1.59. The van der Waals surface area contributed by atoms with Crippen molar-refractivity contribution in [2.75, 3.05) is 0 Å². The summed E-state index contributed by atoms with van der Waals surface area (Å²) < 4.78 is 29.7. The molecule has 2 aromatic rings. The van der Waals surface area contributed by atoms with Crippen molar-refractivity contribution in [3.63, 3.8) is 0 Å². The lowest BCUT2D eigenvalue weighted by Crippen LogP contribution is -2.33. The molecule has 0 N–H and O–H groups in total. The van der Waals surface area contributed by atoms with E-state index in [1.807, 2.05) is 29.9 Å². The molecule has 0 saturated heterocycles. The Hall–Kier alpha value is -1.30. The number of hydrogen-bond donors (Lipinski definition) is 0. The third kappa shape index (κ3) is 2.81. The summed E-state index contributed by atoms with van der Waals surface area (Å²) in [6.07, 6.45) is 3.77. The van der Waals surface area contributed by atoms with Crippen LogP contribution in [0, 0.1) is 6.92 Å². The van der Waals surface area contributed by atoms with Gasteiger partial charge in [-0.2, -0.15) is 4.31 Å². The third-order valence-electron chi connectivity index (χ3n) is 4.13. The molecule has 0 spiro atoms. The Morgan fingerprint density at radius 3 is 2.59 bits per heavy atom. The molecule has 0 atom stereocenters. The zero-order valence-electron chi connectivity index (χ0n) is 12.7. The van der Waals surface area contributed by atoms with Gasteiger partial charge in [0.25, 0.3) is 0 Å². The minimum Gasteiger partial charge on any atom is -0.353 e. The van der Waals surface area contributed by atoms with Gasteiger partial charge in [-0.1, -0.05) is 17.7 Å². The monoisotopic (exact) mass is 338 g/mol. The minimum absolute atomic E-state index is 0.0956. The van der Waals surface area contributed by atoms with Crippen molar-refractivity contribution in [3.8, 4) is 0 Å². The van der Waals surface area contributed by atoms with Crippen LogP contribution >= 0.6 is 11.6 Å². The first-order valence-corrected chi connectivity index (χ1v) is 9.10. The van der Waals surface area contributed by atoms with Gasteiger partial charge in [-0.25, -0.2) is 8.42 Å². The average Bonchev–Trinajstić information content (AvgIpc) is 3.22. The van der Waals surface area contributed by atoms with E-state index in [9.17, 15) is 8.42 Å². The first-order valence-electron chi connectivity index (χ1n) is 7.28. The lowest BCUT2D eigenvalue weighted by Gasteiger charge is -2.23. The average molecular weight is 339 g/mol. The molecule has 0 unspecified atom stereocenters. The van der Waals surface area contributed by atoms with E-state index in [1.54, 1.807) is 29.4 Å². The van der Waals surface area contributed by atoms with Gasteiger partial charge in [0.2, 0.25) is 10.0 Å². The van der Waals surface area contributed by atoms with Crippen LogP contribution in [0.4, 0.5) is 0 Å². The van der Waals surface area contributed by atoms with Crippen molar-refractivity contribution in [1.29, 1.82) is 0 Å². The van der Waals surface area contributed by atoms with Gasteiger partial charge >= 0.3 is 0 Å². The standard InChI is InChI=1S/C16H19ClN2O2S/c1-12-15(17)6-3-7-16(12)22(20,21)19(13-8-9-13)11-14-5-4-10-18(14)2/h3-7,10,13H,8-9,11H2,1-2H3. The van der Waals surface area contributed by atoms with Crippen LogP contribution in [0.2, 0.25) is 5.02 Å². The van der Waals surface area contributed by atoms with Gasteiger partial charge in [0.15, 0.2) is 0 Å². The topological polar surface area (TPSA) is 42.3 Å². The lowest BCUT2D eigenvalue weighted by molar-refractivity contribution is 0.390. The molecule has 1 aliphatic carbocycles. The number of nitrogens with zero attached hydrogens (tertiary/aromatic N) is 2. The van der Waals surface area contributed by atoms with Crippen LogP contribution in [0.25, 0.3) is 0 Å². The Kier molecular flexibility index (Phi) is 4.05. The molecular formula is C16H19ClN2O2S. The maximum absolute atomic E-state index is 13.1. The van der Waals surface area contributed by atoms with E-state index >= 15 is 0 Å². The van der Waals surface area contributed by atoms with Crippen LogP contribution in [0.5, 0.6) is 0 Å². The van der Waals surface area contributed by atoms with Crippen LogP contribution in [0.15, 0.2) is 41.4 Å². The molecule has 1 aromatic carbocycles. The second-order valence-corrected chi connectivity index (χ2v) is 8.02. The Labute approximate surface area is 136 Å². The van der Waals surface area contributed by atoms with E-state index in [2.05, 4.69) is 0 Å². The molecule has 1 aromatic heterocycles. The first kappa shape index (κ1) is 15.6. The molecule has 1 aliphatic rings. The maximum Gasteiger partial charge on any atom is 0.243 e. The van der Waals surface area contributed by atoms with E-state index < -0.39 is 10.0 Å². The summed E-state index contributed by atoms with van der Waals surface area (Å²) >= 11 is 6.10. The maximum atomic E-state index is 13.1. The summed E-state index contributed by atoms with van der Waals surface area (Å²) in [5.74, 6) is 0. The van der Waals surface area contributed by atoms with Crippen LogP contribution < -0.4 is 0 Å². The largest absolute Gasteiger partial charge is 0.353 e. The minimum atomic E-state index is -3.55. The van der Waals surface area contributed by atoms with E-state index in [0.29, 0.717) is 22.0 Å². The number of aromatic nitrogens is 1. The summed E-state index contributed by atoms with van der Waals surface area (Å²) in [6, 6.07) is 9.02.